The van der Waals surface area contributed by atoms with Crippen molar-refractivity contribution in [3.05, 3.63) is 60.0 Å². The lowest BCUT2D eigenvalue weighted by Crippen LogP contribution is -2.45. The lowest BCUT2D eigenvalue weighted by atomic mass is 10.0. The van der Waals surface area contributed by atoms with Crippen LogP contribution in [0.2, 0.25) is 0 Å². The minimum Gasteiger partial charge on any atom is -0.434 e. The van der Waals surface area contributed by atoms with E-state index in [0.717, 1.165) is 0 Å². The Morgan fingerprint density at radius 1 is 1.12 bits per heavy atom. The molecule has 2 aromatic carbocycles. The minimum absolute atomic E-state index is 0.0717. The van der Waals surface area contributed by atoms with Gasteiger partial charge in [-0.1, -0.05) is 45.0 Å². The minimum atomic E-state index is -3.73. The topological polar surface area (TPSA) is 131 Å². The third-order valence-electron chi connectivity index (χ3n) is 5.49. The van der Waals surface area contributed by atoms with Gasteiger partial charge in [-0.05, 0) is 43.0 Å². The number of nitrogens with zero attached hydrogens (tertiary/aromatic N) is 2. The van der Waals surface area contributed by atoms with Gasteiger partial charge < -0.3 is 9.73 Å². The van der Waals surface area contributed by atoms with Gasteiger partial charge in [-0.15, -0.1) is 0 Å². The number of amidine groups is 1. The zero-order valence-corrected chi connectivity index (χ0v) is 19.9. The van der Waals surface area contributed by atoms with Crippen molar-refractivity contribution in [2.45, 2.75) is 50.6 Å². The van der Waals surface area contributed by atoms with Gasteiger partial charge in [0.05, 0.1) is 10.9 Å². The normalized spacial score (nSPS) is 17.4. The quantitative estimate of drug-likeness (QED) is 0.475. The number of carbonyl (C=O) groups excluding carboxylic acids is 2. The molecule has 0 bridgehead atoms. The predicted octanol–water partition coefficient (Wildman–Crippen LogP) is 3.06. The predicted molar refractivity (Wildman–Crippen MR) is 127 cm³/mol. The Labute approximate surface area is 197 Å². The molecule has 2 heterocycles. The van der Waals surface area contributed by atoms with E-state index in [1.54, 1.807) is 49.4 Å². The summed E-state index contributed by atoms with van der Waals surface area (Å²) in [5.74, 6) is -0.760. The number of fused-ring (bicyclic) bond motifs is 2. The summed E-state index contributed by atoms with van der Waals surface area (Å²) in [5, 5.41) is 2.76. The molecule has 3 aromatic rings. The van der Waals surface area contributed by atoms with Crippen LogP contribution in [0.25, 0.3) is 11.1 Å². The second kappa shape index (κ2) is 9.38. The van der Waals surface area contributed by atoms with Gasteiger partial charge in [-0.2, -0.15) is 0 Å². The summed E-state index contributed by atoms with van der Waals surface area (Å²) in [5.41, 5.74) is 1.46. The number of aliphatic imine (C=N–C) groups is 1. The van der Waals surface area contributed by atoms with Crippen LogP contribution >= 0.6 is 0 Å². The maximum absolute atomic E-state index is 13.2. The Morgan fingerprint density at radius 3 is 2.53 bits per heavy atom. The van der Waals surface area contributed by atoms with Gasteiger partial charge in [0.25, 0.3) is 15.9 Å². The van der Waals surface area contributed by atoms with Crippen LogP contribution in [-0.2, 0) is 14.8 Å². The molecule has 2 unspecified atom stereocenters. The Balaban J connectivity index is 1.59. The molecule has 1 amide bonds. The van der Waals surface area contributed by atoms with E-state index in [4.69, 9.17) is 4.42 Å². The van der Waals surface area contributed by atoms with Gasteiger partial charge in [0.15, 0.2) is 5.58 Å². The van der Waals surface area contributed by atoms with Crippen molar-refractivity contribution in [1.82, 2.24) is 15.0 Å². The number of sulfonamides is 1. The number of Topliss-reactive ketones (excluding diaryl/α,β-unsaturated/α-hetero) is 1. The smallest absolute Gasteiger partial charge is 0.266 e. The number of hydrogen-bond donors (Lipinski definition) is 2. The summed E-state index contributed by atoms with van der Waals surface area (Å²) >= 11 is 0. The van der Waals surface area contributed by atoms with Gasteiger partial charge in [-0.25, -0.2) is 13.4 Å². The van der Waals surface area contributed by atoms with Crippen molar-refractivity contribution in [2.24, 2.45) is 10.9 Å². The molecule has 4 rings (SSSR count). The number of aromatic nitrogens is 1. The van der Waals surface area contributed by atoms with Crippen LogP contribution in [0.4, 0.5) is 0 Å². The van der Waals surface area contributed by atoms with E-state index in [9.17, 15) is 18.0 Å². The van der Waals surface area contributed by atoms with Crippen LogP contribution in [0.1, 0.15) is 49.9 Å². The highest BCUT2D eigenvalue weighted by Crippen LogP contribution is 2.24. The van der Waals surface area contributed by atoms with Crippen molar-refractivity contribution >= 4 is 38.6 Å². The first-order valence-corrected chi connectivity index (χ1v) is 12.6. The summed E-state index contributed by atoms with van der Waals surface area (Å²) in [6.45, 7) is 5.65. The SMILES string of the molecule is CCC(NC(=O)C(CC(C)C)N=C1NS(=O)(=O)c2ccccc21)C(=O)c1nc2ccccc2o1. The maximum Gasteiger partial charge on any atom is 0.266 e. The molecule has 34 heavy (non-hydrogen) atoms. The Bertz CT molecular complexity index is 1340. The number of carbonyl (C=O) groups is 2. The van der Waals surface area contributed by atoms with Gasteiger partial charge >= 0.3 is 0 Å². The molecular formula is C24H26N4O5S. The molecule has 0 spiro atoms. The highest BCUT2D eigenvalue weighted by Gasteiger charge is 2.33. The molecule has 0 saturated carbocycles. The number of amides is 1. The van der Waals surface area contributed by atoms with E-state index >= 15 is 0 Å². The first-order chi connectivity index (χ1) is 16.2. The average Bonchev–Trinajstić information content (AvgIpc) is 3.35. The van der Waals surface area contributed by atoms with Crippen molar-refractivity contribution in [1.29, 1.82) is 0 Å². The number of nitrogens with one attached hydrogen (secondary N) is 2. The number of oxazole rings is 1. The summed E-state index contributed by atoms with van der Waals surface area (Å²) < 4.78 is 32.9. The Kier molecular flexibility index (Phi) is 6.52. The van der Waals surface area contributed by atoms with Crippen LogP contribution in [0.5, 0.6) is 0 Å². The summed E-state index contributed by atoms with van der Waals surface area (Å²) in [6.07, 6.45) is 0.691. The van der Waals surface area contributed by atoms with Crippen molar-refractivity contribution in [3.8, 4) is 0 Å². The first-order valence-electron chi connectivity index (χ1n) is 11.1. The molecule has 2 atom stereocenters. The van der Waals surface area contributed by atoms with E-state index in [1.165, 1.54) is 6.07 Å². The number of hydrogen-bond acceptors (Lipinski definition) is 7. The lowest BCUT2D eigenvalue weighted by Gasteiger charge is -2.20. The highest BCUT2D eigenvalue weighted by molar-refractivity contribution is 7.90. The standard InChI is InChI=1S/C24H26N4O5S/c1-4-16(21(29)24-27-17-10-6-7-11-19(17)33-24)26-23(30)18(13-14(2)3)25-22-15-9-5-8-12-20(15)34(31,32)28-22/h5-12,14,16,18H,4,13H2,1-3H3,(H,25,28)(H,26,30). The molecule has 10 heteroatoms. The third kappa shape index (κ3) is 4.72. The molecule has 2 N–H and O–H groups in total. The van der Waals surface area contributed by atoms with Gasteiger partial charge in [0, 0.05) is 5.56 Å². The first kappa shape index (κ1) is 23.6. The number of ketones is 1. The van der Waals surface area contributed by atoms with Crippen LogP contribution in [0, 0.1) is 5.92 Å². The number of para-hydroxylation sites is 2. The van der Waals surface area contributed by atoms with E-state index in [-0.39, 0.29) is 22.5 Å². The number of rotatable bonds is 8. The zero-order valence-electron chi connectivity index (χ0n) is 19.1. The van der Waals surface area contributed by atoms with Gasteiger partial charge in [0.2, 0.25) is 11.7 Å². The molecule has 178 valence electrons. The molecule has 9 nitrogen and oxygen atoms in total. The fraction of sp³-hybridized carbons (Fsp3) is 0.333. The van der Waals surface area contributed by atoms with Gasteiger partial charge in [-0.3, -0.25) is 19.3 Å². The van der Waals surface area contributed by atoms with Crippen molar-refractivity contribution in [3.63, 3.8) is 0 Å². The second-order valence-corrected chi connectivity index (χ2v) is 10.2. The fourth-order valence-electron chi connectivity index (χ4n) is 3.80. The summed E-state index contributed by atoms with van der Waals surface area (Å²) in [4.78, 5) is 35.1. The van der Waals surface area contributed by atoms with Crippen LogP contribution < -0.4 is 10.0 Å². The van der Waals surface area contributed by atoms with Crippen molar-refractivity contribution in [2.75, 3.05) is 0 Å². The molecular weight excluding hydrogens is 456 g/mol. The second-order valence-electron chi connectivity index (χ2n) is 8.55. The molecule has 1 aromatic heterocycles. The fourth-order valence-corrected chi connectivity index (χ4v) is 5.04. The van der Waals surface area contributed by atoms with Crippen LogP contribution in [-0.4, -0.2) is 43.0 Å². The number of benzene rings is 2. The van der Waals surface area contributed by atoms with E-state index in [0.29, 0.717) is 29.5 Å². The van der Waals surface area contributed by atoms with E-state index in [1.807, 2.05) is 13.8 Å². The molecule has 1 aliphatic heterocycles. The molecule has 0 fully saturated rings. The Hall–Kier alpha value is -3.53. The molecule has 1 aliphatic rings. The lowest BCUT2D eigenvalue weighted by molar-refractivity contribution is -0.123. The average molecular weight is 483 g/mol. The van der Waals surface area contributed by atoms with Crippen LogP contribution in [0.15, 0.2) is 62.8 Å². The molecule has 0 radical (unpaired) electrons. The summed E-state index contributed by atoms with van der Waals surface area (Å²) in [7, 11) is -3.73. The monoisotopic (exact) mass is 482 g/mol. The van der Waals surface area contributed by atoms with E-state index < -0.39 is 33.8 Å². The summed E-state index contributed by atoms with van der Waals surface area (Å²) in [6, 6.07) is 11.7. The van der Waals surface area contributed by atoms with Crippen LogP contribution in [0.3, 0.4) is 0 Å². The zero-order chi connectivity index (χ0) is 24.5. The molecule has 0 aliphatic carbocycles. The molecule has 0 saturated heterocycles. The van der Waals surface area contributed by atoms with Gasteiger partial charge in [0.1, 0.15) is 17.4 Å². The Morgan fingerprint density at radius 2 is 1.82 bits per heavy atom. The highest BCUT2D eigenvalue weighted by atomic mass is 32.2. The van der Waals surface area contributed by atoms with Crippen molar-refractivity contribution < 1.29 is 22.4 Å². The van der Waals surface area contributed by atoms with E-state index in [2.05, 4.69) is 20.0 Å². The largest absolute Gasteiger partial charge is 0.434 e. The maximum atomic E-state index is 13.2. The third-order valence-corrected chi connectivity index (χ3v) is 6.89.